The third kappa shape index (κ3) is 6.00. The van der Waals surface area contributed by atoms with Gasteiger partial charge < -0.3 is 34.6 Å². The first-order chi connectivity index (χ1) is 15.0. The first-order valence-electron chi connectivity index (χ1n) is 9.62. The number of nitrogens with one attached hydrogen (secondary N) is 3. The predicted octanol–water partition coefficient (Wildman–Crippen LogP) is 2.40. The van der Waals surface area contributed by atoms with Crippen molar-refractivity contribution in [3.8, 4) is 17.2 Å². The van der Waals surface area contributed by atoms with Crippen molar-refractivity contribution in [2.24, 2.45) is 4.99 Å². The van der Waals surface area contributed by atoms with Crippen LogP contribution in [0.1, 0.15) is 28.1 Å². The van der Waals surface area contributed by atoms with Gasteiger partial charge >= 0.3 is 6.61 Å². The van der Waals surface area contributed by atoms with E-state index in [0.717, 1.165) is 5.56 Å². The minimum atomic E-state index is -2.96. The lowest BCUT2D eigenvalue weighted by Crippen LogP contribution is -2.38. The molecule has 0 unspecified atom stereocenters. The second-order valence-electron chi connectivity index (χ2n) is 6.59. The molecule has 0 fully saturated rings. The molecule has 1 aliphatic heterocycles. The number of fused-ring (bicyclic) bond motifs is 1. The van der Waals surface area contributed by atoms with Crippen molar-refractivity contribution in [2.45, 2.75) is 26.5 Å². The van der Waals surface area contributed by atoms with E-state index in [4.69, 9.17) is 13.9 Å². The average Bonchev–Trinajstić information content (AvgIpc) is 3.37. The van der Waals surface area contributed by atoms with E-state index in [1.54, 1.807) is 26.1 Å². The Morgan fingerprint density at radius 2 is 1.94 bits per heavy atom. The van der Waals surface area contributed by atoms with Gasteiger partial charge in [-0.2, -0.15) is 8.78 Å². The van der Waals surface area contributed by atoms with Gasteiger partial charge in [0, 0.05) is 43.9 Å². The molecule has 3 rings (SSSR count). The highest BCUT2D eigenvalue weighted by atomic mass is 19.3. The van der Waals surface area contributed by atoms with Crippen LogP contribution in [-0.2, 0) is 6.54 Å². The number of guanidine groups is 1. The van der Waals surface area contributed by atoms with Gasteiger partial charge in [0.2, 0.25) is 6.79 Å². The van der Waals surface area contributed by atoms with Crippen LogP contribution in [0.25, 0.3) is 0 Å². The van der Waals surface area contributed by atoms with Crippen LogP contribution < -0.4 is 30.2 Å². The third-order valence-electron chi connectivity index (χ3n) is 4.44. The summed E-state index contributed by atoms with van der Waals surface area (Å²) in [5, 5.41) is 8.91. The molecule has 3 N–H and O–H groups in total. The van der Waals surface area contributed by atoms with Gasteiger partial charge in [-0.1, -0.05) is 0 Å². The van der Waals surface area contributed by atoms with Crippen molar-refractivity contribution in [3.05, 3.63) is 41.3 Å². The molecule has 0 saturated heterocycles. The van der Waals surface area contributed by atoms with Crippen LogP contribution in [0.2, 0.25) is 0 Å². The lowest BCUT2D eigenvalue weighted by atomic mass is 10.1. The van der Waals surface area contributed by atoms with E-state index in [1.807, 2.05) is 0 Å². The number of furan rings is 1. The minimum absolute atomic E-state index is 0.00173. The fraction of sp³-hybridized carbons (Fsp3) is 0.400. The average molecular weight is 438 g/mol. The zero-order chi connectivity index (χ0) is 22.2. The molecule has 1 aromatic carbocycles. The molecule has 0 radical (unpaired) electrons. The van der Waals surface area contributed by atoms with Crippen LogP contribution >= 0.6 is 0 Å². The van der Waals surface area contributed by atoms with Crippen molar-refractivity contribution in [2.75, 3.05) is 26.9 Å². The van der Waals surface area contributed by atoms with Gasteiger partial charge in [0.15, 0.2) is 23.2 Å². The Kier molecular flexibility index (Phi) is 7.52. The molecule has 2 heterocycles. The fourth-order valence-electron chi connectivity index (χ4n) is 2.89. The smallest absolute Gasteiger partial charge is 0.387 e. The number of ether oxygens (including phenoxy) is 3. The summed E-state index contributed by atoms with van der Waals surface area (Å²) in [5.74, 6) is 1.32. The number of hydrogen-bond acceptors (Lipinski definition) is 6. The molecular weight excluding hydrogens is 414 g/mol. The topological polar surface area (TPSA) is 106 Å². The number of hydrogen-bond donors (Lipinski definition) is 3. The Balaban J connectivity index is 1.45. The first-order valence-corrected chi connectivity index (χ1v) is 9.62. The minimum Gasteiger partial charge on any atom is -0.459 e. The molecule has 2 aromatic rings. The largest absolute Gasteiger partial charge is 0.459 e. The van der Waals surface area contributed by atoms with E-state index in [-0.39, 0.29) is 25.0 Å². The van der Waals surface area contributed by atoms with Gasteiger partial charge in [-0.15, -0.1) is 0 Å². The van der Waals surface area contributed by atoms with E-state index in [2.05, 4.69) is 25.7 Å². The van der Waals surface area contributed by atoms with E-state index < -0.39 is 6.61 Å². The first kappa shape index (κ1) is 22.2. The van der Waals surface area contributed by atoms with Gasteiger partial charge in [-0.3, -0.25) is 9.79 Å². The monoisotopic (exact) mass is 438 g/mol. The number of nitrogens with zero attached hydrogens (tertiary/aromatic N) is 1. The summed E-state index contributed by atoms with van der Waals surface area (Å²) in [6, 6.07) is 4.70. The number of alkyl halides is 2. The SMILES string of the molecule is CN=C(NCCCNC(=O)c1occc1C)NCc1cc2c(cc1OC(F)F)OCO2. The maximum atomic E-state index is 12.7. The molecule has 31 heavy (non-hydrogen) atoms. The Morgan fingerprint density at radius 1 is 1.19 bits per heavy atom. The van der Waals surface area contributed by atoms with Crippen LogP contribution in [-0.4, -0.2) is 45.4 Å². The van der Waals surface area contributed by atoms with Crippen LogP contribution in [0.5, 0.6) is 17.2 Å². The lowest BCUT2D eigenvalue weighted by Gasteiger charge is -2.15. The Morgan fingerprint density at radius 3 is 2.61 bits per heavy atom. The zero-order valence-corrected chi connectivity index (χ0v) is 17.2. The van der Waals surface area contributed by atoms with Crippen LogP contribution in [0.4, 0.5) is 8.78 Å². The maximum absolute atomic E-state index is 12.7. The van der Waals surface area contributed by atoms with Gasteiger partial charge in [0.25, 0.3) is 5.91 Å². The Bertz CT molecular complexity index is 932. The van der Waals surface area contributed by atoms with E-state index in [9.17, 15) is 13.6 Å². The summed E-state index contributed by atoms with van der Waals surface area (Å²) in [6.07, 6.45) is 2.11. The quantitative estimate of drug-likeness (QED) is 0.314. The summed E-state index contributed by atoms with van der Waals surface area (Å²) in [6.45, 7) is 0.00702. The summed E-state index contributed by atoms with van der Waals surface area (Å²) in [5.41, 5.74) is 1.24. The number of aryl methyl sites for hydroxylation is 1. The van der Waals surface area contributed by atoms with Crippen molar-refractivity contribution < 1.29 is 32.2 Å². The highest BCUT2D eigenvalue weighted by Gasteiger charge is 2.20. The predicted molar refractivity (Wildman–Crippen MR) is 108 cm³/mol. The van der Waals surface area contributed by atoms with Gasteiger partial charge in [0.1, 0.15) is 5.75 Å². The van der Waals surface area contributed by atoms with Crippen molar-refractivity contribution in [1.82, 2.24) is 16.0 Å². The number of rotatable bonds is 9. The number of amides is 1. The molecule has 0 aliphatic carbocycles. The van der Waals surface area contributed by atoms with E-state index >= 15 is 0 Å². The molecule has 1 amide bonds. The normalized spacial score (nSPS) is 12.7. The molecular formula is C20H24F2N4O5. The molecule has 0 saturated carbocycles. The summed E-state index contributed by atoms with van der Waals surface area (Å²) in [7, 11) is 1.59. The van der Waals surface area contributed by atoms with E-state index in [0.29, 0.717) is 48.3 Å². The number of carbonyl (C=O) groups is 1. The fourth-order valence-corrected chi connectivity index (χ4v) is 2.89. The molecule has 9 nitrogen and oxygen atoms in total. The Hall–Kier alpha value is -3.50. The molecule has 0 atom stereocenters. The highest BCUT2D eigenvalue weighted by molar-refractivity contribution is 5.92. The standard InChI is InChI=1S/C20H24F2N4O5/c1-12-4-7-28-17(12)18(27)24-5-3-6-25-20(23-2)26-10-13-8-15-16(30-11-29-15)9-14(13)31-19(21)22/h4,7-9,19H,3,5-6,10-11H2,1-2H3,(H,24,27)(H2,23,25,26). The van der Waals surface area contributed by atoms with Crippen LogP contribution in [0, 0.1) is 6.92 Å². The molecule has 0 spiro atoms. The van der Waals surface area contributed by atoms with Gasteiger partial charge in [-0.05, 0) is 25.5 Å². The summed E-state index contributed by atoms with van der Waals surface area (Å²) >= 11 is 0. The van der Waals surface area contributed by atoms with E-state index in [1.165, 1.54) is 12.3 Å². The summed E-state index contributed by atoms with van der Waals surface area (Å²) in [4.78, 5) is 16.1. The second kappa shape index (κ2) is 10.5. The summed E-state index contributed by atoms with van der Waals surface area (Å²) < 4.78 is 45.7. The lowest BCUT2D eigenvalue weighted by molar-refractivity contribution is -0.0505. The molecule has 0 bridgehead atoms. The number of benzene rings is 1. The third-order valence-corrected chi connectivity index (χ3v) is 4.44. The van der Waals surface area contributed by atoms with Crippen LogP contribution in [0.3, 0.4) is 0 Å². The maximum Gasteiger partial charge on any atom is 0.387 e. The number of aliphatic imine (C=N–C) groups is 1. The highest BCUT2D eigenvalue weighted by Crippen LogP contribution is 2.38. The van der Waals surface area contributed by atoms with Crippen LogP contribution in [0.15, 0.2) is 33.9 Å². The van der Waals surface area contributed by atoms with Crippen molar-refractivity contribution in [1.29, 1.82) is 0 Å². The Labute approximate surface area is 177 Å². The molecule has 1 aromatic heterocycles. The molecule has 168 valence electrons. The number of halogens is 2. The number of carbonyl (C=O) groups excluding carboxylic acids is 1. The van der Waals surface area contributed by atoms with Gasteiger partial charge in [-0.25, -0.2) is 0 Å². The van der Waals surface area contributed by atoms with Gasteiger partial charge in [0.05, 0.1) is 6.26 Å². The zero-order valence-electron chi connectivity index (χ0n) is 17.2. The molecule has 11 heteroatoms. The second-order valence-corrected chi connectivity index (χ2v) is 6.59. The van der Waals surface area contributed by atoms with Crippen molar-refractivity contribution >= 4 is 11.9 Å². The molecule has 1 aliphatic rings. The van der Waals surface area contributed by atoms with Crippen molar-refractivity contribution in [3.63, 3.8) is 0 Å².